The predicted octanol–water partition coefficient (Wildman–Crippen LogP) is 1.89. The number of carbonyl (C=O) groups is 2. The first-order chi connectivity index (χ1) is 10.6. The van der Waals surface area contributed by atoms with Crippen molar-refractivity contribution >= 4 is 23.3 Å². The van der Waals surface area contributed by atoms with E-state index in [1.54, 1.807) is 0 Å². The second-order valence-electron chi connectivity index (χ2n) is 5.08. The number of carbonyl (C=O) groups excluding carboxylic acids is 1. The molecule has 1 aromatic rings. The van der Waals surface area contributed by atoms with Crippen molar-refractivity contribution in [1.29, 1.82) is 0 Å². The fourth-order valence-corrected chi connectivity index (χ4v) is 1.30. The Morgan fingerprint density at radius 3 is 2.35 bits per heavy atom. The Kier molecular flexibility index (Phi) is 5.77. The summed E-state index contributed by atoms with van der Waals surface area (Å²) in [6.45, 7) is 3.87. The van der Waals surface area contributed by atoms with Crippen molar-refractivity contribution in [3.05, 3.63) is 39.9 Å². The maximum absolute atomic E-state index is 11.9. The second-order valence-corrected chi connectivity index (χ2v) is 5.08. The molecule has 0 saturated carbocycles. The average Bonchev–Trinajstić information content (AvgIpc) is 2.50. The van der Waals surface area contributed by atoms with Crippen molar-refractivity contribution in [2.45, 2.75) is 33.0 Å². The SMILES string of the molecule is C/C(=N/OC(C)(C)C(=O)OCc1ccc([N+](=O)[O-])cc1)C(=O)O. The van der Waals surface area contributed by atoms with Crippen molar-refractivity contribution in [2.24, 2.45) is 5.16 Å². The number of rotatable bonds is 7. The first-order valence-corrected chi connectivity index (χ1v) is 6.50. The molecule has 0 fully saturated rings. The highest BCUT2D eigenvalue weighted by atomic mass is 16.7. The van der Waals surface area contributed by atoms with E-state index < -0.39 is 22.5 Å². The van der Waals surface area contributed by atoms with Crippen molar-refractivity contribution in [3.8, 4) is 0 Å². The van der Waals surface area contributed by atoms with Crippen LogP contribution in [0, 0.1) is 10.1 Å². The number of non-ortho nitro benzene ring substituents is 1. The Balaban J connectivity index is 2.62. The lowest BCUT2D eigenvalue weighted by atomic mass is 10.1. The lowest BCUT2D eigenvalue weighted by Crippen LogP contribution is -2.35. The number of oxime groups is 1. The van der Waals surface area contributed by atoms with E-state index in [0.717, 1.165) is 0 Å². The molecule has 0 bridgehead atoms. The lowest BCUT2D eigenvalue weighted by Gasteiger charge is -2.20. The zero-order chi connectivity index (χ0) is 17.6. The number of benzene rings is 1. The van der Waals surface area contributed by atoms with Gasteiger partial charge < -0.3 is 14.7 Å². The normalized spacial score (nSPS) is 11.7. The molecule has 9 nitrogen and oxygen atoms in total. The van der Waals surface area contributed by atoms with Gasteiger partial charge >= 0.3 is 11.9 Å². The summed E-state index contributed by atoms with van der Waals surface area (Å²) < 4.78 is 5.04. The standard InChI is InChI=1S/C14H16N2O7/c1-9(12(17)18)15-23-14(2,3)13(19)22-8-10-4-6-11(7-5-10)16(20)21/h4-7H,8H2,1-3H3,(H,17,18)/b15-9-. The van der Waals surface area contributed by atoms with Crippen LogP contribution in [0.5, 0.6) is 0 Å². The smallest absolute Gasteiger partial charge is 0.353 e. The summed E-state index contributed by atoms with van der Waals surface area (Å²) in [6.07, 6.45) is 0. The van der Waals surface area contributed by atoms with Gasteiger partial charge in [-0.05, 0) is 38.5 Å². The van der Waals surface area contributed by atoms with Gasteiger partial charge in [0.05, 0.1) is 4.92 Å². The first kappa shape index (κ1) is 18.1. The van der Waals surface area contributed by atoms with Gasteiger partial charge in [-0.3, -0.25) is 10.1 Å². The highest BCUT2D eigenvalue weighted by Gasteiger charge is 2.32. The molecule has 0 aliphatic heterocycles. The van der Waals surface area contributed by atoms with Gasteiger partial charge in [-0.1, -0.05) is 5.16 Å². The van der Waals surface area contributed by atoms with Gasteiger partial charge in [0.25, 0.3) is 5.69 Å². The van der Waals surface area contributed by atoms with Crippen LogP contribution in [0.25, 0.3) is 0 Å². The van der Waals surface area contributed by atoms with E-state index >= 15 is 0 Å². The van der Waals surface area contributed by atoms with Crippen LogP contribution in [0.3, 0.4) is 0 Å². The number of carboxylic acid groups (broad SMARTS) is 1. The number of carboxylic acids is 1. The Hall–Kier alpha value is -2.97. The number of nitrogens with zero attached hydrogens (tertiary/aromatic N) is 2. The molecule has 1 N–H and O–H groups in total. The molecule has 0 aromatic heterocycles. The van der Waals surface area contributed by atoms with Crippen LogP contribution in [0.2, 0.25) is 0 Å². The van der Waals surface area contributed by atoms with E-state index in [-0.39, 0.29) is 18.0 Å². The maximum atomic E-state index is 11.9. The topological polar surface area (TPSA) is 128 Å². The fourth-order valence-electron chi connectivity index (χ4n) is 1.30. The quantitative estimate of drug-likeness (QED) is 0.351. The van der Waals surface area contributed by atoms with Crippen molar-refractivity contribution < 1.29 is 29.2 Å². The number of hydrogen-bond donors (Lipinski definition) is 1. The summed E-state index contributed by atoms with van der Waals surface area (Å²) in [6, 6.07) is 5.52. The number of nitro groups is 1. The van der Waals surface area contributed by atoms with Gasteiger partial charge in [0, 0.05) is 12.1 Å². The molecule has 0 atom stereocenters. The van der Waals surface area contributed by atoms with E-state index in [1.165, 1.54) is 45.0 Å². The fraction of sp³-hybridized carbons (Fsp3) is 0.357. The van der Waals surface area contributed by atoms with Crippen LogP contribution in [-0.4, -0.2) is 33.3 Å². The van der Waals surface area contributed by atoms with Gasteiger partial charge in [-0.15, -0.1) is 0 Å². The summed E-state index contributed by atoms with van der Waals surface area (Å²) in [5, 5.41) is 22.5. The number of hydrogen-bond acceptors (Lipinski definition) is 7. The van der Waals surface area contributed by atoms with Gasteiger partial charge in [0.1, 0.15) is 6.61 Å². The van der Waals surface area contributed by atoms with Crippen LogP contribution in [0.1, 0.15) is 26.3 Å². The summed E-state index contributed by atoms with van der Waals surface area (Å²) >= 11 is 0. The minimum absolute atomic E-state index is 0.0674. The van der Waals surface area contributed by atoms with Gasteiger partial charge in [0.2, 0.25) is 5.60 Å². The lowest BCUT2D eigenvalue weighted by molar-refractivity contribution is -0.384. The number of aliphatic carboxylic acids is 1. The largest absolute Gasteiger partial charge is 0.477 e. The summed E-state index contributed by atoms with van der Waals surface area (Å²) in [4.78, 5) is 37.4. The molecule has 0 unspecified atom stereocenters. The van der Waals surface area contributed by atoms with Gasteiger partial charge in [-0.2, -0.15) is 0 Å². The van der Waals surface area contributed by atoms with E-state index in [4.69, 9.17) is 14.7 Å². The van der Waals surface area contributed by atoms with E-state index in [2.05, 4.69) is 5.16 Å². The van der Waals surface area contributed by atoms with Crippen molar-refractivity contribution in [2.75, 3.05) is 0 Å². The van der Waals surface area contributed by atoms with Crippen LogP contribution < -0.4 is 0 Å². The van der Waals surface area contributed by atoms with Crippen molar-refractivity contribution in [1.82, 2.24) is 0 Å². The second kappa shape index (κ2) is 7.34. The molecule has 0 saturated heterocycles. The summed E-state index contributed by atoms with van der Waals surface area (Å²) in [5.41, 5.74) is -1.29. The van der Waals surface area contributed by atoms with Gasteiger partial charge in [0.15, 0.2) is 5.71 Å². The third-order valence-corrected chi connectivity index (χ3v) is 2.73. The number of nitro benzene ring substituents is 1. The molecule has 9 heteroatoms. The highest BCUT2D eigenvalue weighted by Crippen LogP contribution is 2.16. The molecule has 0 amide bonds. The minimum atomic E-state index is -1.47. The number of esters is 1. The molecule has 23 heavy (non-hydrogen) atoms. The molecule has 1 rings (SSSR count). The monoisotopic (exact) mass is 324 g/mol. The van der Waals surface area contributed by atoms with Crippen LogP contribution in [-0.2, 0) is 25.8 Å². The molecule has 0 spiro atoms. The molecule has 0 heterocycles. The summed E-state index contributed by atoms with van der Waals surface area (Å²) in [5.74, 6) is -2.02. The third kappa shape index (κ3) is 5.38. The summed E-state index contributed by atoms with van der Waals surface area (Å²) in [7, 11) is 0. The molecular formula is C14H16N2O7. The van der Waals surface area contributed by atoms with Crippen molar-refractivity contribution in [3.63, 3.8) is 0 Å². The zero-order valence-corrected chi connectivity index (χ0v) is 12.8. The molecular weight excluding hydrogens is 308 g/mol. The Morgan fingerprint density at radius 2 is 1.87 bits per heavy atom. The third-order valence-electron chi connectivity index (χ3n) is 2.73. The zero-order valence-electron chi connectivity index (χ0n) is 12.8. The predicted molar refractivity (Wildman–Crippen MR) is 78.8 cm³/mol. The first-order valence-electron chi connectivity index (χ1n) is 6.50. The highest BCUT2D eigenvalue weighted by molar-refractivity contribution is 6.34. The molecule has 0 aliphatic rings. The molecule has 0 radical (unpaired) electrons. The Labute approximate surface area is 131 Å². The molecule has 0 aliphatic carbocycles. The van der Waals surface area contributed by atoms with E-state index in [0.29, 0.717) is 5.56 Å². The minimum Gasteiger partial charge on any atom is -0.477 e. The van der Waals surface area contributed by atoms with Gasteiger partial charge in [-0.25, -0.2) is 9.59 Å². The van der Waals surface area contributed by atoms with Crippen LogP contribution in [0.4, 0.5) is 5.69 Å². The molecule has 1 aromatic carbocycles. The van der Waals surface area contributed by atoms with Crippen LogP contribution in [0.15, 0.2) is 29.4 Å². The maximum Gasteiger partial charge on any atom is 0.353 e. The Bertz CT molecular complexity index is 635. The van der Waals surface area contributed by atoms with Crippen LogP contribution >= 0.6 is 0 Å². The Morgan fingerprint density at radius 1 is 1.30 bits per heavy atom. The number of ether oxygens (including phenoxy) is 1. The molecule has 124 valence electrons. The van der Waals surface area contributed by atoms with E-state index in [1.807, 2.05) is 0 Å². The van der Waals surface area contributed by atoms with E-state index in [9.17, 15) is 19.7 Å². The average molecular weight is 324 g/mol.